The molecular weight excluding hydrogens is 264 g/mol. The van der Waals surface area contributed by atoms with Crippen LogP contribution >= 0.6 is 0 Å². The number of rotatable bonds is 3. The second-order valence-corrected chi connectivity index (χ2v) is 8.28. The summed E-state index contributed by atoms with van der Waals surface area (Å²) in [6.07, 6.45) is 2.37. The normalized spacial score (nSPS) is 16.0. The van der Waals surface area contributed by atoms with Gasteiger partial charge in [0.05, 0.1) is 0 Å². The van der Waals surface area contributed by atoms with E-state index < -0.39 is 0 Å². The molecule has 0 heteroatoms. The Morgan fingerprint density at radius 1 is 0.909 bits per heavy atom. The van der Waals surface area contributed by atoms with E-state index in [2.05, 4.69) is 77.1 Å². The summed E-state index contributed by atoms with van der Waals surface area (Å²) in [5, 5.41) is 0. The quantitative estimate of drug-likeness (QED) is 0.521. The van der Waals surface area contributed by atoms with Crippen LogP contribution in [0.25, 0.3) is 11.1 Å². The van der Waals surface area contributed by atoms with Crippen molar-refractivity contribution < 1.29 is 0 Å². The van der Waals surface area contributed by atoms with Gasteiger partial charge in [0.25, 0.3) is 0 Å². The van der Waals surface area contributed by atoms with Crippen molar-refractivity contribution in [3.05, 3.63) is 59.2 Å². The van der Waals surface area contributed by atoms with Crippen LogP contribution in [0.15, 0.2) is 42.5 Å². The molecule has 0 heterocycles. The lowest BCUT2D eigenvalue weighted by Gasteiger charge is -2.28. The zero-order valence-corrected chi connectivity index (χ0v) is 14.6. The lowest BCUT2D eigenvalue weighted by atomic mass is 9.77. The third-order valence-corrected chi connectivity index (χ3v) is 5.13. The van der Waals surface area contributed by atoms with Crippen LogP contribution in [0.5, 0.6) is 0 Å². The molecule has 116 valence electrons. The van der Waals surface area contributed by atoms with Crippen molar-refractivity contribution >= 4 is 0 Å². The van der Waals surface area contributed by atoms with E-state index in [1.165, 1.54) is 34.2 Å². The van der Waals surface area contributed by atoms with E-state index in [9.17, 15) is 0 Å². The van der Waals surface area contributed by atoms with E-state index in [0.717, 1.165) is 6.42 Å². The fraction of sp³-hybridized carbons (Fsp3) is 0.455. The van der Waals surface area contributed by atoms with Crippen LogP contribution in [0.4, 0.5) is 0 Å². The van der Waals surface area contributed by atoms with Crippen molar-refractivity contribution in [1.29, 1.82) is 0 Å². The molecule has 0 amide bonds. The van der Waals surface area contributed by atoms with Gasteiger partial charge in [-0.1, -0.05) is 77.1 Å². The topological polar surface area (TPSA) is 0 Å². The first-order valence-corrected chi connectivity index (χ1v) is 8.56. The molecule has 2 aromatic carbocycles. The Balaban J connectivity index is 1.85. The number of benzene rings is 2. The van der Waals surface area contributed by atoms with E-state index in [1.807, 2.05) is 0 Å². The number of hydrogen-bond donors (Lipinski definition) is 0. The fourth-order valence-corrected chi connectivity index (χ4v) is 3.92. The Morgan fingerprint density at radius 3 is 2.32 bits per heavy atom. The van der Waals surface area contributed by atoms with Gasteiger partial charge in [0, 0.05) is 0 Å². The van der Waals surface area contributed by atoms with Crippen molar-refractivity contribution in [3.63, 3.8) is 0 Å². The Morgan fingerprint density at radius 2 is 1.59 bits per heavy atom. The summed E-state index contributed by atoms with van der Waals surface area (Å²) in [7, 11) is 0. The van der Waals surface area contributed by atoms with Gasteiger partial charge in [-0.2, -0.15) is 0 Å². The van der Waals surface area contributed by atoms with Gasteiger partial charge in [0.2, 0.25) is 0 Å². The third-order valence-electron chi connectivity index (χ3n) is 5.13. The molecule has 0 saturated carbocycles. The predicted molar refractivity (Wildman–Crippen MR) is 96.3 cm³/mol. The smallest absolute Gasteiger partial charge is 0.00134 e. The average Bonchev–Trinajstić information content (AvgIpc) is 2.82. The van der Waals surface area contributed by atoms with Gasteiger partial charge in [-0.15, -0.1) is 0 Å². The molecule has 3 rings (SSSR count). The summed E-state index contributed by atoms with van der Waals surface area (Å²) < 4.78 is 0. The first-order chi connectivity index (χ1) is 10.3. The van der Waals surface area contributed by atoms with Crippen molar-refractivity contribution in [2.75, 3.05) is 0 Å². The van der Waals surface area contributed by atoms with Crippen LogP contribution in [-0.4, -0.2) is 0 Å². The van der Waals surface area contributed by atoms with E-state index >= 15 is 0 Å². The minimum atomic E-state index is 0.403. The van der Waals surface area contributed by atoms with Gasteiger partial charge >= 0.3 is 0 Å². The van der Waals surface area contributed by atoms with Crippen LogP contribution in [0, 0.1) is 11.3 Å². The second-order valence-electron chi connectivity index (χ2n) is 8.28. The van der Waals surface area contributed by atoms with Crippen molar-refractivity contribution in [2.45, 2.75) is 53.4 Å². The lowest BCUT2D eigenvalue weighted by molar-refractivity contribution is 0.283. The Labute approximate surface area is 135 Å². The molecule has 0 fully saturated rings. The highest BCUT2D eigenvalue weighted by atomic mass is 14.3. The van der Waals surface area contributed by atoms with Gasteiger partial charge < -0.3 is 0 Å². The molecular formula is C22H28. The monoisotopic (exact) mass is 292 g/mol. The second kappa shape index (κ2) is 5.57. The standard InChI is InChI=1S/C22H28/c1-15(14-22(3,4)5)16(2)17-10-11-21-19(12-17)13-18-8-6-7-9-20(18)21/h6-12,15-16H,13-14H2,1-5H3. The molecule has 0 nitrogen and oxygen atoms in total. The van der Waals surface area contributed by atoms with E-state index in [4.69, 9.17) is 0 Å². The van der Waals surface area contributed by atoms with Gasteiger partial charge in [0.15, 0.2) is 0 Å². The van der Waals surface area contributed by atoms with Crippen LogP contribution in [0.2, 0.25) is 0 Å². The lowest BCUT2D eigenvalue weighted by Crippen LogP contribution is -2.15. The van der Waals surface area contributed by atoms with Gasteiger partial charge in [0.1, 0.15) is 0 Å². The minimum absolute atomic E-state index is 0.403. The zero-order chi connectivity index (χ0) is 15.9. The highest BCUT2D eigenvalue weighted by Crippen LogP contribution is 2.40. The maximum atomic E-state index is 2.46. The highest BCUT2D eigenvalue weighted by molar-refractivity contribution is 5.77. The van der Waals surface area contributed by atoms with Crippen LogP contribution in [-0.2, 0) is 6.42 Å². The molecule has 0 N–H and O–H groups in total. The van der Waals surface area contributed by atoms with E-state index in [-0.39, 0.29) is 0 Å². The Hall–Kier alpha value is -1.56. The first-order valence-electron chi connectivity index (χ1n) is 8.56. The summed E-state index contributed by atoms with van der Waals surface area (Å²) in [6, 6.07) is 16.0. The van der Waals surface area contributed by atoms with E-state index in [0.29, 0.717) is 17.3 Å². The predicted octanol–water partition coefficient (Wildman–Crippen LogP) is 6.43. The largest absolute Gasteiger partial charge is 0.0619 e. The molecule has 0 aromatic heterocycles. The summed E-state index contributed by atoms with van der Waals surface area (Å²) in [4.78, 5) is 0. The molecule has 22 heavy (non-hydrogen) atoms. The van der Waals surface area contributed by atoms with Gasteiger partial charge in [-0.3, -0.25) is 0 Å². The summed E-state index contributed by atoms with van der Waals surface area (Å²) in [5.74, 6) is 1.33. The summed E-state index contributed by atoms with van der Waals surface area (Å²) >= 11 is 0. The molecule has 0 aliphatic heterocycles. The van der Waals surface area contributed by atoms with Crippen molar-refractivity contribution in [3.8, 4) is 11.1 Å². The van der Waals surface area contributed by atoms with Crippen molar-refractivity contribution in [2.24, 2.45) is 11.3 Å². The van der Waals surface area contributed by atoms with Gasteiger partial charge in [-0.25, -0.2) is 0 Å². The first kappa shape index (κ1) is 15.3. The highest BCUT2D eigenvalue weighted by Gasteiger charge is 2.23. The van der Waals surface area contributed by atoms with Crippen LogP contribution in [0.1, 0.15) is 63.6 Å². The third kappa shape index (κ3) is 2.97. The summed E-state index contributed by atoms with van der Waals surface area (Å²) in [5.41, 5.74) is 7.76. The average molecular weight is 292 g/mol. The molecule has 2 aromatic rings. The minimum Gasteiger partial charge on any atom is -0.0619 e. The zero-order valence-electron chi connectivity index (χ0n) is 14.6. The van der Waals surface area contributed by atoms with Crippen LogP contribution < -0.4 is 0 Å². The summed E-state index contributed by atoms with van der Waals surface area (Å²) in [6.45, 7) is 11.8. The molecule has 0 radical (unpaired) electrons. The Bertz CT molecular complexity index is 673. The number of hydrogen-bond acceptors (Lipinski definition) is 0. The van der Waals surface area contributed by atoms with E-state index in [1.54, 1.807) is 0 Å². The SMILES string of the molecule is CC(CC(C)(C)C)C(C)c1ccc2c(c1)Cc1ccccc1-2. The van der Waals surface area contributed by atoms with Crippen molar-refractivity contribution in [1.82, 2.24) is 0 Å². The van der Waals surface area contributed by atoms with Gasteiger partial charge in [-0.05, 0) is 57.9 Å². The number of fused-ring (bicyclic) bond motifs is 3. The molecule has 0 spiro atoms. The molecule has 2 unspecified atom stereocenters. The Kier molecular flexibility index (Phi) is 3.89. The maximum absolute atomic E-state index is 2.46. The molecule has 0 bridgehead atoms. The molecule has 1 aliphatic rings. The van der Waals surface area contributed by atoms with Crippen LogP contribution in [0.3, 0.4) is 0 Å². The maximum Gasteiger partial charge on any atom is -0.00134 e. The fourth-order valence-electron chi connectivity index (χ4n) is 3.92. The molecule has 0 saturated heterocycles. The molecule has 2 atom stereocenters. The molecule has 1 aliphatic carbocycles.